The van der Waals surface area contributed by atoms with Crippen LogP contribution in [-0.4, -0.2) is 10.8 Å². The molecular formula is C10H10N2O. The number of rotatable bonds is 3. The maximum Gasteiger partial charge on any atom is 0.204 e. The first-order valence-electron chi connectivity index (χ1n) is 3.85. The summed E-state index contributed by atoms with van der Waals surface area (Å²) >= 11 is 0. The minimum atomic E-state index is -0.126. The topological polar surface area (TPSA) is 56.0 Å². The Morgan fingerprint density at radius 1 is 1.38 bits per heavy atom. The molecule has 3 heteroatoms. The van der Waals surface area contributed by atoms with Crippen LogP contribution in [-0.2, 0) is 0 Å². The maximum atomic E-state index is 11.3. The summed E-state index contributed by atoms with van der Waals surface area (Å²) in [6.07, 6.45) is 7.53. The fourth-order valence-electron chi connectivity index (χ4n) is 0.801. The molecule has 1 aromatic rings. The van der Waals surface area contributed by atoms with Crippen LogP contribution in [0.15, 0.2) is 48.8 Å². The number of nitrogens with zero attached hydrogens (tertiary/aromatic N) is 1. The van der Waals surface area contributed by atoms with Crippen molar-refractivity contribution in [2.75, 3.05) is 0 Å². The molecule has 2 N–H and O–H groups in total. The Morgan fingerprint density at radius 3 is 2.85 bits per heavy atom. The predicted molar refractivity (Wildman–Crippen MR) is 51.0 cm³/mol. The summed E-state index contributed by atoms with van der Waals surface area (Å²) in [5.41, 5.74) is 5.53. The molecule has 0 unspecified atom stereocenters. The van der Waals surface area contributed by atoms with Gasteiger partial charge in [0, 0.05) is 6.20 Å². The lowest BCUT2D eigenvalue weighted by molar-refractivity contribution is 0.104. The van der Waals surface area contributed by atoms with Gasteiger partial charge in [0.2, 0.25) is 5.78 Å². The van der Waals surface area contributed by atoms with Crippen molar-refractivity contribution in [2.45, 2.75) is 0 Å². The molecule has 0 aliphatic rings. The molecule has 0 saturated carbocycles. The molecule has 0 aliphatic heterocycles. The standard InChI is InChI=1S/C10H10N2O/c11-7-3-1-6-10(13)9-5-2-4-8-12-9/h1-8H,11H2/b6-1-,7-3-. The summed E-state index contributed by atoms with van der Waals surface area (Å²) in [5.74, 6) is -0.126. The van der Waals surface area contributed by atoms with E-state index in [1.165, 1.54) is 12.3 Å². The fraction of sp³-hybridized carbons (Fsp3) is 0. The zero-order valence-electron chi connectivity index (χ0n) is 7.05. The van der Waals surface area contributed by atoms with Crippen LogP contribution in [0.1, 0.15) is 10.5 Å². The van der Waals surface area contributed by atoms with Gasteiger partial charge in [0.1, 0.15) is 5.69 Å². The number of carbonyl (C=O) groups is 1. The molecule has 13 heavy (non-hydrogen) atoms. The molecule has 1 rings (SSSR count). The van der Waals surface area contributed by atoms with E-state index in [0.29, 0.717) is 5.69 Å². The first-order valence-corrected chi connectivity index (χ1v) is 3.85. The maximum absolute atomic E-state index is 11.3. The summed E-state index contributed by atoms with van der Waals surface area (Å²) in [7, 11) is 0. The molecular weight excluding hydrogens is 164 g/mol. The largest absolute Gasteiger partial charge is 0.405 e. The lowest BCUT2D eigenvalue weighted by Crippen LogP contribution is -1.96. The van der Waals surface area contributed by atoms with Crippen LogP contribution >= 0.6 is 0 Å². The van der Waals surface area contributed by atoms with Crippen LogP contribution in [0.25, 0.3) is 0 Å². The fourth-order valence-corrected chi connectivity index (χ4v) is 0.801. The number of carbonyl (C=O) groups excluding carboxylic acids is 1. The average Bonchev–Trinajstić information content (AvgIpc) is 2.19. The highest BCUT2D eigenvalue weighted by Crippen LogP contribution is 1.95. The Morgan fingerprint density at radius 2 is 2.23 bits per heavy atom. The molecule has 1 aromatic heterocycles. The van der Waals surface area contributed by atoms with E-state index in [9.17, 15) is 4.79 Å². The average molecular weight is 174 g/mol. The van der Waals surface area contributed by atoms with Crippen LogP contribution in [0.4, 0.5) is 0 Å². The van der Waals surface area contributed by atoms with Crippen molar-refractivity contribution < 1.29 is 4.79 Å². The van der Waals surface area contributed by atoms with Gasteiger partial charge in [-0.05, 0) is 30.5 Å². The number of nitrogens with two attached hydrogens (primary N) is 1. The second-order valence-corrected chi connectivity index (χ2v) is 2.32. The van der Waals surface area contributed by atoms with E-state index in [1.807, 2.05) is 0 Å². The Kier molecular flexibility index (Phi) is 3.45. The number of allylic oxidation sites excluding steroid dienone is 3. The molecule has 0 amide bonds. The number of hydrogen-bond acceptors (Lipinski definition) is 3. The van der Waals surface area contributed by atoms with Crippen LogP contribution in [0.3, 0.4) is 0 Å². The summed E-state index contributed by atoms with van der Waals surface area (Å²) < 4.78 is 0. The van der Waals surface area contributed by atoms with Gasteiger partial charge in [-0.2, -0.15) is 0 Å². The first kappa shape index (κ1) is 9.19. The van der Waals surface area contributed by atoms with Crippen molar-refractivity contribution in [1.82, 2.24) is 4.98 Å². The first-order chi connectivity index (χ1) is 6.34. The molecule has 0 radical (unpaired) electrons. The predicted octanol–water partition coefficient (Wildman–Crippen LogP) is 1.29. The quantitative estimate of drug-likeness (QED) is 0.427. The molecule has 0 bridgehead atoms. The summed E-state index contributed by atoms with van der Waals surface area (Å²) in [6, 6.07) is 5.20. The van der Waals surface area contributed by atoms with Gasteiger partial charge in [-0.15, -0.1) is 0 Å². The lowest BCUT2D eigenvalue weighted by atomic mass is 10.2. The molecule has 0 fully saturated rings. The molecule has 0 atom stereocenters. The van der Waals surface area contributed by atoms with E-state index in [2.05, 4.69) is 4.98 Å². The van der Waals surface area contributed by atoms with Crippen molar-refractivity contribution in [2.24, 2.45) is 5.73 Å². The van der Waals surface area contributed by atoms with E-state index in [1.54, 1.807) is 36.5 Å². The number of aromatic nitrogens is 1. The molecule has 0 saturated heterocycles. The molecule has 0 spiro atoms. The van der Waals surface area contributed by atoms with Gasteiger partial charge in [-0.1, -0.05) is 12.1 Å². The normalized spacial score (nSPS) is 11.1. The van der Waals surface area contributed by atoms with Crippen molar-refractivity contribution in [3.63, 3.8) is 0 Å². The van der Waals surface area contributed by atoms with Gasteiger partial charge >= 0.3 is 0 Å². The van der Waals surface area contributed by atoms with Gasteiger partial charge in [0.25, 0.3) is 0 Å². The lowest BCUT2D eigenvalue weighted by Gasteiger charge is -1.90. The Labute approximate surface area is 76.6 Å². The highest BCUT2D eigenvalue weighted by molar-refractivity contribution is 6.03. The molecule has 66 valence electrons. The van der Waals surface area contributed by atoms with Crippen molar-refractivity contribution in [1.29, 1.82) is 0 Å². The molecule has 1 heterocycles. The van der Waals surface area contributed by atoms with Gasteiger partial charge in [0.15, 0.2) is 0 Å². The Balaban J connectivity index is 2.70. The second-order valence-electron chi connectivity index (χ2n) is 2.32. The van der Waals surface area contributed by atoms with Crippen LogP contribution < -0.4 is 5.73 Å². The highest BCUT2D eigenvalue weighted by atomic mass is 16.1. The van der Waals surface area contributed by atoms with Gasteiger partial charge in [0.05, 0.1) is 0 Å². The van der Waals surface area contributed by atoms with Crippen LogP contribution in [0, 0.1) is 0 Å². The van der Waals surface area contributed by atoms with Crippen molar-refractivity contribution in [3.8, 4) is 0 Å². The Bertz CT molecular complexity index is 328. The number of ketones is 1. The van der Waals surface area contributed by atoms with Crippen molar-refractivity contribution >= 4 is 5.78 Å². The minimum absolute atomic E-state index is 0.126. The van der Waals surface area contributed by atoms with Crippen LogP contribution in [0.2, 0.25) is 0 Å². The zero-order valence-corrected chi connectivity index (χ0v) is 7.05. The van der Waals surface area contributed by atoms with Crippen LogP contribution in [0.5, 0.6) is 0 Å². The number of pyridine rings is 1. The summed E-state index contributed by atoms with van der Waals surface area (Å²) in [6.45, 7) is 0. The van der Waals surface area contributed by atoms with E-state index in [4.69, 9.17) is 5.73 Å². The van der Waals surface area contributed by atoms with E-state index in [-0.39, 0.29) is 5.78 Å². The highest BCUT2D eigenvalue weighted by Gasteiger charge is 1.99. The van der Waals surface area contributed by atoms with Gasteiger partial charge in [-0.3, -0.25) is 9.78 Å². The number of hydrogen-bond donors (Lipinski definition) is 1. The van der Waals surface area contributed by atoms with Crippen molar-refractivity contribution in [3.05, 3.63) is 54.5 Å². The SMILES string of the molecule is N/C=C\C=C/C(=O)c1ccccn1. The summed E-state index contributed by atoms with van der Waals surface area (Å²) in [4.78, 5) is 15.2. The Hall–Kier alpha value is -1.90. The summed E-state index contributed by atoms with van der Waals surface area (Å²) in [5, 5.41) is 0. The third-order valence-electron chi connectivity index (χ3n) is 1.39. The molecule has 0 aromatic carbocycles. The third kappa shape index (κ3) is 2.91. The van der Waals surface area contributed by atoms with Gasteiger partial charge < -0.3 is 5.73 Å². The monoisotopic (exact) mass is 174 g/mol. The van der Waals surface area contributed by atoms with Gasteiger partial charge in [-0.25, -0.2) is 0 Å². The van der Waals surface area contributed by atoms with E-state index >= 15 is 0 Å². The minimum Gasteiger partial charge on any atom is -0.405 e. The molecule has 0 aliphatic carbocycles. The zero-order chi connectivity index (χ0) is 9.52. The third-order valence-corrected chi connectivity index (χ3v) is 1.39. The second kappa shape index (κ2) is 4.87. The smallest absolute Gasteiger partial charge is 0.204 e. The molecule has 3 nitrogen and oxygen atoms in total. The van der Waals surface area contributed by atoms with E-state index < -0.39 is 0 Å². The van der Waals surface area contributed by atoms with E-state index in [0.717, 1.165) is 0 Å².